The first-order valence-electron chi connectivity index (χ1n) is 5.80. The summed E-state index contributed by atoms with van der Waals surface area (Å²) >= 11 is 0. The maximum absolute atomic E-state index is 11.2. The summed E-state index contributed by atoms with van der Waals surface area (Å²) in [5, 5.41) is 2.80. The normalized spacial score (nSPS) is 9.67. The van der Waals surface area contributed by atoms with Crippen LogP contribution < -0.4 is 5.32 Å². The molecule has 0 aromatic heterocycles. The highest BCUT2D eigenvalue weighted by Crippen LogP contribution is 2.04. The molecule has 0 spiro atoms. The van der Waals surface area contributed by atoms with Gasteiger partial charge in [-0.1, -0.05) is 39.2 Å². The zero-order valence-electron chi connectivity index (χ0n) is 9.76. The highest BCUT2D eigenvalue weighted by molar-refractivity contribution is 5.75. The Morgan fingerprint density at radius 2 is 2.07 bits per heavy atom. The first kappa shape index (κ1) is 14.0. The number of hydrogen-bond acceptors (Lipinski definition) is 2. The van der Waals surface area contributed by atoms with Crippen LogP contribution in [0, 0.1) is 0 Å². The lowest BCUT2D eigenvalue weighted by molar-refractivity contribution is -0.121. The number of hydrogen-bond donors (Lipinski definition) is 1. The van der Waals surface area contributed by atoms with E-state index >= 15 is 0 Å². The molecule has 1 amide bonds. The predicted octanol–water partition coefficient (Wildman–Crippen LogP) is 2.62. The lowest BCUT2D eigenvalue weighted by atomic mass is 10.1. The minimum absolute atomic E-state index is 0.124. The zero-order chi connectivity index (χ0) is 11.4. The molecule has 15 heavy (non-hydrogen) atoms. The topological polar surface area (TPSA) is 38.3 Å². The van der Waals surface area contributed by atoms with Gasteiger partial charge in [-0.15, -0.1) is 0 Å². The Morgan fingerprint density at radius 1 is 1.33 bits per heavy atom. The van der Waals surface area contributed by atoms with Gasteiger partial charge in [0.25, 0.3) is 0 Å². The van der Waals surface area contributed by atoms with E-state index in [2.05, 4.69) is 18.8 Å². The maximum Gasteiger partial charge on any atom is 0.220 e. The molecule has 0 radical (unpaired) electrons. The molecule has 3 heteroatoms. The third-order valence-corrected chi connectivity index (χ3v) is 2.17. The molecule has 88 valence electrons. The van der Waals surface area contributed by atoms with Crippen LogP contribution in [-0.2, 0) is 9.53 Å². The van der Waals surface area contributed by atoms with Crippen molar-refractivity contribution in [3.63, 3.8) is 0 Å². The van der Waals surface area contributed by atoms with E-state index in [1.807, 2.05) is 0 Å². The van der Waals surface area contributed by atoms with Crippen molar-refractivity contribution in [2.24, 2.45) is 0 Å². The van der Waals surface area contributed by atoms with Crippen LogP contribution in [0.15, 0.2) is 12.8 Å². The predicted molar refractivity (Wildman–Crippen MR) is 62.5 cm³/mol. The van der Waals surface area contributed by atoms with E-state index in [1.54, 1.807) is 0 Å². The van der Waals surface area contributed by atoms with Crippen LogP contribution in [0.3, 0.4) is 0 Å². The molecule has 0 atom stereocenters. The van der Waals surface area contributed by atoms with Gasteiger partial charge < -0.3 is 10.1 Å². The highest BCUT2D eigenvalue weighted by atomic mass is 16.5. The van der Waals surface area contributed by atoms with Gasteiger partial charge in [-0.05, 0) is 6.42 Å². The molecule has 0 bridgehead atoms. The van der Waals surface area contributed by atoms with E-state index in [0.717, 1.165) is 12.8 Å². The van der Waals surface area contributed by atoms with E-state index in [-0.39, 0.29) is 5.91 Å². The van der Waals surface area contributed by atoms with E-state index < -0.39 is 0 Å². The number of carbonyl (C=O) groups is 1. The second kappa shape index (κ2) is 11.1. The third-order valence-electron chi connectivity index (χ3n) is 2.17. The molecular weight excluding hydrogens is 190 g/mol. The molecule has 0 heterocycles. The number of amides is 1. The highest BCUT2D eigenvalue weighted by Gasteiger charge is 1.99. The molecule has 0 saturated carbocycles. The number of rotatable bonds is 10. The molecule has 0 saturated heterocycles. The Bertz CT molecular complexity index is 169. The number of nitrogens with one attached hydrogen (secondary N) is 1. The average molecular weight is 213 g/mol. The second-order valence-electron chi connectivity index (χ2n) is 3.55. The van der Waals surface area contributed by atoms with Gasteiger partial charge in [-0.25, -0.2) is 0 Å². The van der Waals surface area contributed by atoms with Crippen molar-refractivity contribution in [1.29, 1.82) is 0 Å². The van der Waals surface area contributed by atoms with Gasteiger partial charge in [0.05, 0.1) is 12.8 Å². The first-order valence-corrected chi connectivity index (χ1v) is 5.80. The van der Waals surface area contributed by atoms with Crippen molar-refractivity contribution in [2.45, 2.75) is 45.4 Å². The van der Waals surface area contributed by atoms with Crippen LogP contribution in [0.5, 0.6) is 0 Å². The molecule has 0 aliphatic rings. The van der Waals surface area contributed by atoms with Gasteiger partial charge in [-0.2, -0.15) is 0 Å². The molecule has 1 N–H and O–H groups in total. The smallest absolute Gasteiger partial charge is 0.220 e. The van der Waals surface area contributed by atoms with Crippen molar-refractivity contribution in [3.05, 3.63) is 12.8 Å². The second-order valence-corrected chi connectivity index (χ2v) is 3.55. The summed E-state index contributed by atoms with van der Waals surface area (Å²) in [6.45, 7) is 6.68. The van der Waals surface area contributed by atoms with Gasteiger partial charge in [-0.3, -0.25) is 4.79 Å². The molecule has 0 aromatic rings. The lowest BCUT2D eigenvalue weighted by Gasteiger charge is -2.04. The van der Waals surface area contributed by atoms with Crippen LogP contribution in [-0.4, -0.2) is 19.1 Å². The summed E-state index contributed by atoms with van der Waals surface area (Å²) in [7, 11) is 0. The van der Waals surface area contributed by atoms with E-state index in [1.165, 1.54) is 25.5 Å². The Hall–Kier alpha value is -0.990. The van der Waals surface area contributed by atoms with Crippen LogP contribution in [0.1, 0.15) is 45.4 Å². The van der Waals surface area contributed by atoms with Crippen molar-refractivity contribution in [3.8, 4) is 0 Å². The minimum atomic E-state index is 0.124. The monoisotopic (exact) mass is 213 g/mol. The van der Waals surface area contributed by atoms with Crippen molar-refractivity contribution < 1.29 is 9.53 Å². The van der Waals surface area contributed by atoms with Gasteiger partial charge in [0.15, 0.2) is 0 Å². The standard InChI is InChI=1S/C12H23NO2/c1-3-5-6-7-8-9-12(14)13-10-11-15-4-2/h4H,2-3,5-11H2,1H3,(H,13,14). The SMILES string of the molecule is C=COCCNC(=O)CCCCCCC. The maximum atomic E-state index is 11.2. The summed E-state index contributed by atoms with van der Waals surface area (Å²) in [5.74, 6) is 0.124. The first-order chi connectivity index (χ1) is 7.31. The largest absolute Gasteiger partial charge is 0.500 e. The van der Waals surface area contributed by atoms with Gasteiger partial charge in [0, 0.05) is 6.42 Å². The summed E-state index contributed by atoms with van der Waals surface area (Å²) in [5.41, 5.74) is 0. The number of ether oxygens (including phenoxy) is 1. The fourth-order valence-electron chi connectivity index (χ4n) is 1.31. The Morgan fingerprint density at radius 3 is 2.73 bits per heavy atom. The van der Waals surface area contributed by atoms with Crippen molar-refractivity contribution >= 4 is 5.91 Å². The van der Waals surface area contributed by atoms with Crippen LogP contribution in [0.25, 0.3) is 0 Å². The lowest BCUT2D eigenvalue weighted by Crippen LogP contribution is -2.26. The molecular formula is C12H23NO2. The molecule has 3 nitrogen and oxygen atoms in total. The van der Waals surface area contributed by atoms with Gasteiger partial charge in [0.1, 0.15) is 6.61 Å². The summed E-state index contributed by atoms with van der Waals surface area (Å²) in [6, 6.07) is 0. The number of unbranched alkanes of at least 4 members (excludes halogenated alkanes) is 4. The summed E-state index contributed by atoms with van der Waals surface area (Å²) < 4.78 is 4.89. The van der Waals surface area contributed by atoms with Crippen molar-refractivity contribution in [1.82, 2.24) is 5.32 Å². The molecule has 0 rings (SSSR count). The van der Waals surface area contributed by atoms with Crippen LogP contribution in [0.4, 0.5) is 0 Å². The number of carbonyl (C=O) groups excluding carboxylic acids is 1. The Balaban J connectivity index is 3.15. The minimum Gasteiger partial charge on any atom is -0.500 e. The zero-order valence-corrected chi connectivity index (χ0v) is 9.76. The Labute approximate surface area is 92.9 Å². The van der Waals surface area contributed by atoms with Crippen LogP contribution >= 0.6 is 0 Å². The Kier molecular flexibility index (Phi) is 10.4. The summed E-state index contributed by atoms with van der Waals surface area (Å²) in [4.78, 5) is 11.2. The fraction of sp³-hybridized carbons (Fsp3) is 0.750. The fourth-order valence-corrected chi connectivity index (χ4v) is 1.31. The molecule has 0 aromatic carbocycles. The van der Waals surface area contributed by atoms with Gasteiger partial charge in [0.2, 0.25) is 5.91 Å². The molecule has 0 fully saturated rings. The molecule has 0 unspecified atom stereocenters. The average Bonchev–Trinajstić information content (AvgIpc) is 2.24. The molecule has 0 aliphatic heterocycles. The molecule has 0 aliphatic carbocycles. The quantitative estimate of drug-likeness (QED) is 0.447. The van der Waals surface area contributed by atoms with Gasteiger partial charge >= 0.3 is 0 Å². The summed E-state index contributed by atoms with van der Waals surface area (Å²) in [6.07, 6.45) is 7.93. The van der Waals surface area contributed by atoms with E-state index in [9.17, 15) is 4.79 Å². The third kappa shape index (κ3) is 10.9. The van der Waals surface area contributed by atoms with Crippen molar-refractivity contribution in [2.75, 3.05) is 13.2 Å². The van der Waals surface area contributed by atoms with E-state index in [4.69, 9.17) is 4.74 Å². The van der Waals surface area contributed by atoms with Crippen LogP contribution in [0.2, 0.25) is 0 Å². The van der Waals surface area contributed by atoms with E-state index in [0.29, 0.717) is 19.6 Å².